The summed E-state index contributed by atoms with van der Waals surface area (Å²) in [6.07, 6.45) is -0.764. The van der Waals surface area contributed by atoms with Gasteiger partial charge in [0.1, 0.15) is 5.84 Å². The molecule has 0 bridgehead atoms. The maximum absolute atomic E-state index is 9.85. The van der Waals surface area contributed by atoms with Gasteiger partial charge in [0.2, 0.25) is 0 Å². The van der Waals surface area contributed by atoms with Crippen LogP contribution in [-0.2, 0) is 0 Å². The molecule has 0 saturated heterocycles. The van der Waals surface area contributed by atoms with Crippen molar-refractivity contribution in [3.63, 3.8) is 0 Å². The van der Waals surface area contributed by atoms with E-state index in [0.717, 1.165) is 11.3 Å². The Balaban J connectivity index is 2.04. The Morgan fingerprint density at radius 2 is 1.90 bits per heavy atom. The Morgan fingerprint density at radius 1 is 1.10 bits per heavy atom. The lowest BCUT2D eigenvalue weighted by Crippen LogP contribution is -2.29. The van der Waals surface area contributed by atoms with Crippen molar-refractivity contribution in [1.29, 1.82) is 0 Å². The summed E-state index contributed by atoms with van der Waals surface area (Å²) in [4.78, 5) is 6.19. The third kappa shape index (κ3) is 2.52. The summed E-state index contributed by atoms with van der Waals surface area (Å²) >= 11 is 12.3. The van der Waals surface area contributed by atoms with Gasteiger partial charge in [-0.2, -0.15) is 0 Å². The average molecular weight is 307 g/mol. The molecule has 20 heavy (non-hydrogen) atoms. The molecule has 1 aliphatic heterocycles. The molecule has 1 N–H and O–H groups in total. The van der Waals surface area contributed by atoms with E-state index in [2.05, 4.69) is 4.99 Å². The van der Waals surface area contributed by atoms with Crippen LogP contribution in [0, 0.1) is 0 Å². The molecule has 0 radical (unpaired) electrons. The Morgan fingerprint density at radius 3 is 2.65 bits per heavy atom. The fourth-order valence-corrected chi connectivity index (χ4v) is 2.64. The number of aliphatic imine (C=N–C) groups is 1. The lowest BCUT2D eigenvalue weighted by atomic mass is 10.2. The van der Waals surface area contributed by atoms with E-state index in [-0.39, 0.29) is 0 Å². The van der Waals surface area contributed by atoms with Crippen LogP contribution in [0.4, 0.5) is 5.69 Å². The van der Waals surface area contributed by atoms with Gasteiger partial charge in [-0.05, 0) is 30.3 Å². The highest BCUT2D eigenvalue weighted by atomic mass is 35.5. The monoisotopic (exact) mass is 306 g/mol. The summed E-state index contributed by atoms with van der Waals surface area (Å²) in [6.45, 7) is 0.390. The third-order valence-electron chi connectivity index (χ3n) is 3.11. The van der Waals surface area contributed by atoms with Gasteiger partial charge in [0.15, 0.2) is 6.23 Å². The standard InChI is InChI=1S/C15H12Cl2N2O/c16-10-4-3-5-11(8-10)19-9-14(20)18-15(19)12-6-1-2-7-13(12)17/h1-8,14,20H,9H2. The predicted octanol–water partition coefficient (Wildman–Crippen LogP) is 3.58. The highest BCUT2D eigenvalue weighted by Gasteiger charge is 2.27. The maximum Gasteiger partial charge on any atom is 0.165 e. The van der Waals surface area contributed by atoms with E-state index in [1.54, 1.807) is 6.07 Å². The van der Waals surface area contributed by atoms with Gasteiger partial charge in [0.25, 0.3) is 0 Å². The molecular formula is C15H12Cl2N2O. The molecule has 2 aromatic carbocycles. The van der Waals surface area contributed by atoms with E-state index in [9.17, 15) is 5.11 Å². The van der Waals surface area contributed by atoms with Gasteiger partial charge in [-0.25, -0.2) is 4.99 Å². The van der Waals surface area contributed by atoms with E-state index >= 15 is 0 Å². The summed E-state index contributed by atoms with van der Waals surface area (Å²) in [5.74, 6) is 0.658. The van der Waals surface area contributed by atoms with Crippen LogP contribution < -0.4 is 4.90 Å². The molecular weight excluding hydrogens is 295 g/mol. The topological polar surface area (TPSA) is 35.8 Å². The van der Waals surface area contributed by atoms with Crippen molar-refractivity contribution < 1.29 is 5.11 Å². The fourth-order valence-electron chi connectivity index (χ4n) is 2.23. The number of nitrogens with zero attached hydrogens (tertiary/aromatic N) is 2. The van der Waals surface area contributed by atoms with Crippen LogP contribution in [0.3, 0.4) is 0 Å². The van der Waals surface area contributed by atoms with Gasteiger partial charge in [-0.3, -0.25) is 0 Å². The summed E-state index contributed by atoms with van der Waals surface area (Å²) in [6, 6.07) is 14.9. The van der Waals surface area contributed by atoms with Crippen molar-refractivity contribution in [2.75, 3.05) is 11.4 Å². The van der Waals surface area contributed by atoms with Crippen molar-refractivity contribution in [3.05, 3.63) is 64.1 Å². The molecule has 3 rings (SSSR count). The van der Waals surface area contributed by atoms with Crippen molar-refractivity contribution in [1.82, 2.24) is 0 Å². The maximum atomic E-state index is 9.85. The highest BCUT2D eigenvalue weighted by Crippen LogP contribution is 2.28. The number of aliphatic hydroxyl groups is 1. The molecule has 102 valence electrons. The highest BCUT2D eigenvalue weighted by molar-refractivity contribution is 6.35. The zero-order valence-corrected chi connectivity index (χ0v) is 12.0. The van der Waals surface area contributed by atoms with Crippen molar-refractivity contribution in [2.24, 2.45) is 4.99 Å². The quantitative estimate of drug-likeness (QED) is 0.920. The summed E-state index contributed by atoms with van der Waals surface area (Å²) in [5.41, 5.74) is 1.68. The van der Waals surface area contributed by atoms with Gasteiger partial charge in [-0.15, -0.1) is 0 Å². The number of hydrogen-bond donors (Lipinski definition) is 1. The summed E-state index contributed by atoms with van der Waals surface area (Å²) < 4.78 is 0. The zero-order valence-electron chi connectivity index (χ0n) is 10.5. The largest absolute Gasteiger partial charge is 0.370 e. The Bertz CT molecular complexity index is 672. The first-order valence-corrected chi connectivity index (χ1v) is 6.94. The second-order valence-electron chi connectivity index (χ2n) is 4.50. The van der Waals surface area contributed by atoms with Gasteiger partial charge >= 0.3 is 0 Å². The van der Waals surface area contributed by atoms with E-state index in [1.165, 1.54) is 0 Å². The first-order valence-electron chi connectivity index (χ1n) is 6.19. The van der Waals surface area contributed by atoms with Crippen molar-refractivity contribution in [2.45, 2.75) is 6.23 Å². The molecule has 1 aliphatic rings. The molecule has 0 fully saturated rings. The van der Waals surface area contributed by atoms with Crippen LogP contribution in [0.1, 0.15) is 5.56 Å². The fraction of sp³-hybridized carbons (Fsp3) is 0.133. The average Bonchev–Trinajstić information content (AvgIpc) is 2.81. The Hall–Kier alpha value is -1.55. The van der Waals surface area contributed by atoms with Gasteiger partial charge in [0.05, 0.1) is 11.6 Å². The number of anilines is 1. The van der Waals surface area contributed by atoms with E-state index in [4.69, 9.17) is 23.2 Å². The van der Waals surface area contributed by atoms with Crippen LogP contribution in [-0.4, -0.2) is 23.7 Å². The van der Waals surface area contributed by atoms with Crippen LogP contribution >= 0.6 is 23.2 Å². The number of hydrogen-bond acceptors (Lipinski definition) is 3. The molecule has 1 heterocycles. The summed E-state index contributed by atoms with van der Waals surface area (Å²) in [5, 5.41) is 11.1. The molecule has 0 saturated carbocycles. The minimum absolute atomic E-state index is 0.390. The number of aliphatic hydroxyl groups excluding tert-OH is 1. The third-order valence-corrected chi connectivity index (χ3v) is 3.67. The molecule has 0 aromatic heterocycles. The molecule has 1 unspecified atom stereocenters. The Kier molecular flexibility index (Phi) is 3.66. The molecule has 0 aliphatic carbocycles. The van der Waals surface area contributed by atoms with Crippen LogP contribution in [0.15, 0.2) is 53.5 Å². The van der Waals surface area contributed by atoms with Crippen molar-refractivity contribution in [3.8, 4) is 0 Å². The number of amidine groups is 1. The first-order chi connectivity index (χ1) is 9.65. The van der Waals surface area contributed by atoms with Crippen molar-refractivity contribution >= 4 is 34.7 Å². The second kappa shape index (κ2) is 5.44. The van der Waals surface area contributed by atoms with E-state index in [0.29, 0.717) is 22.4 Å². The normalized spacial score (nSPS) is 18.2. The lowest BCUT2D eigenvalue weighted by Gasteiger charge is -2.21. The molecule has 2 aromatic rings. The van der Waals surface area contributed by atoms with Gasteiger partial charge in [-0.1, -0.05) is 41.4 Å². The van der Waals surface area contributed by atoms with Crippen LogP contribution in [0.2, 0.25) is 10.0 Å². The van der Waals surface area contributed by atoms with Gasteiger partial charge < -0.3 is 10.0 Å². The predicted molar refractivity (Wildman–Crippen MR) is 82.8 cm³/mol. The number of benzene rings is 2. The number of halogens is 2. The minimum Gasteiger partial charge on any atom is -0.370 e. The smallest absolute Gasteiger partial charge is 0.165 e. The molecule has 1 atom stereocenters. The SMILES string of the molecule is OC1CN(c2cccc(Cl)c2)C(c2ccccc2Cl)=N1. The number of β-amino-alcohol motifs (C(OH)–C–C–N with tert-alkyl or cyclic N) is 1. The lowest BCUT2D eigenvalue weighted by molar-refractivity contribution is 0.202. The first kappa shape index (κ1) is 13.4. The van der Waals surface area contributed by atoms with Gasteiger partial charge in [0, 0.05) is 16.3 Å². The Labute approximate surface area is 127 Å². The molecule has 3 nitrogen and oxygen atoms in total. The number of rotatable bonds is 2. The molecule has 0 amide bonds. The zero-order chi connectivity index (χ0) is 14.1. The van der Waals surface area contributed by atoms with E-state index < -0.39 is 6.23 Å². The van der Waals surface area contributed by atoms with E-state index in [1.807, 2.05) is 47.4 Å². The molecule has 5 heteroatoms. The minimum atomic E-state index is -0.764. The molecule has 0 spiro atoms. The summed E-state index contributed by atoms with van der Waals surface area (Å²) in [7, 11) is 0. The second-order valence-corrected chi connectivity index (χ2v) is 5.35. The van der Waals surface area contributed by atoms with Crippen LogP contribution in [0.5, 0.6) is 0 Å². The van der Waals surface area contributed by atoms with Crippen LogP contribution in [0.25, 0.3) is 0 Å².